The molecule has 2 heterocycles. The summed E-state index contributed by atoms with van der Waals surface area (Å²) in [6.07, 6.45) is 0. The molecule has 0 spiro atoms. The number of hydrogen-bond acceptors (Lipinski definition) is 4. The first-order chi connectivity index (χ1) is 14.4. The number of carbonyl (C=O) groups excluding carboxylic acids is 1. The first-order valence-electron chi connectivity index (χ1n) is 9.53. The third-order valence-electron chi connectivity index (χ3n) is 4.85. The molecule has 0 aliphatic carbocycles. The molecule has 2 aromatic carbocycles. The molecule has 30 heavy (non-hydrogen) atoms. The number of aromatic nitrogens is 3. The summed E-state index contributed by atoms with van der Waals surface area (Å²) in [4.78, 5) is 17.5. The molecule has 7 heteroatoms. The molecule has 0 aliphatic rings. The minimum Gasteiger partial charge on any atom is -0.298 e. The number of nitrogens with zero attached hydrogens (tertiary/aromatic N) is 3. The molecule has 0 radical (unpaired) electrons. The van der Waals surface area contributed by atoms with Gasteiger partial charge in [-0.25, -0.2) is 9.67 Å². The van der Waals surface area contributed by atoms with Gasteiger partial charge in [0, 0.05) is 10.9 Å². The quantitative estimate of drug-likeness (QED) is 0.424. The van der Waals surface area contributed by atoms with Crippen molar-refractivity contribution in [2.24, 2.45) is 0 Å². The van der Waals surface area contributed by atoms with Crippen LogP contribution in [-0.4, -0.2) is 20.7 Å². The Morgan fingerprint density at radius 3 is 2.63 bits per heavy atom. The monoisotopic (exact) mass is 436 g/mol. The van der Waals surface area contributed by atoms with Crippen LogP contribution in [0.15, 0.2) is 53.9 Å². The summed E-state index contributed by atoms with van der Waals surface area (Å²) < 4.78 is 1.64. The molecular weight excluding hydrogens is 416 g/mol. The zero-order chi connectivity index (χ0) is 21.3. The second-order valence-corrected chi connectivity index (χ2v) is 8.42. The molecule has 2 aromatic heterocycles. The Morgan fingerprint density at radius 1 is 1.13 bits per heavy atom. The lowest BCUT2D eigenvalue weighted by Crippen LogP contribution is -2.13. The van der Waals surface area contributed by atoms with Gasteiger partial charge in [0.25, 0.3) is 5.91 Å². The van der Waals surface area contributed by atoms with E-state index in [2.05, 4.69) is 47.4 Å². The van der Waals surface area contributed by atoms with E-state index in [0.29, 0.717) is 28.1 Å². The number of thiazole rings is 1. The van der Waals surface area contributed by atoms with Gasteiger partial charge in [0.05, 0.1) is 23.5 Å². The number of anilines is 1. The molecule has 0 atom stereocenters. The molecule has 0 unspecified atom stereocenters. The van der Waals surface area contributed by atoms with Gasteiger partial charge in [-0.15, -0.1) is 11.3 Å². The Bertz CT molecular complexity index is 1210. The number of carbonyl (C=O) groups is 1. The molecule has 5 nitrogen and oxygen atoms in total. The van der Waals surface area contributed by atoms with E-state index in [1.54, 1.807) is 11.6 Å². The first kappa shape index (κ1) is 20.3. The molecule has 1 N–H and O–H groups in total. The molecule has 0 bridgehead atoms. The summed E-state index contributed by atoms with van der Waals surface area (Å²) in [6.45, 7) is 6.41. The number of amides is 1. The van der Waals surface area contributed by atoms with Crippen molar-refractivity contribution in [3.63, 3.8) is 0 Å². The highest BCUT2D eigenvalue weighted by Crippen LogP contribution is 2.29. The van der Waals surface area contributed by atoms with Crippen LogP contribution in [0.3, 0.4) is 0 Å². The topological polar surface area (TPSA) is 59.8 Å². The summed E-state index contributed by atoms with van der Waals surface area (Å²) in [5.41, 5.74) is 6.27. The fourth-order valence-corrected chi connectivity index (χ4v) is 4.41. The van der Waals surface area contributed by atoms with Crippen molar-refractivity contribution in [2.45, 2.75) is 27.3 Å². The summed E-state index contributed by atoms with van der Waals surface area (Å²) in [6, 6.07) is 16.1. The first-order valence-corrected chi connectivity index (χ1v) is 10.8. The zero-order valence-corrected chi connectivity index (χ0v) is 18.5. The average molecular weight is 437 g/mol. The van der Waals surface area contributed by atoms with Crippen molar-refractivity contribution in [3.8, 4) is 11.3 Å². The predicted octanol–water partition coefficient (Wildman–Crippen LogP) is 5.89. The fourth-order valence-electron chi connectivity index (χ4n) is 3.39. The van der Waals surface area contributed by atoms with Crippen LogP contribution in [0, 0.1) is 20.8 Å². The highest BCUT2D eigenvalue weighted by molar-refractivity contribution is 7.14. The normalized spacial score (nSPS) is 10.9. The SMILES string of the molecule is Cc1ccc(-c2csc(NC(=O)c3c(C)nn(Cc4ccccc4)c3Cl)n2)c(C)c1. The molecule has 152 valence electrons. The number of nitrogens with one attached hydrogen (secondary N) is 1. The number of hydrogen-bond donors (Lipinski definition) is 1. The molecule has 0 aliphatic heterocycles. The Kier molecular flexibility index (Phi) is 5.70. The number of halogens is 1. The van der Waals surface area contributed by atoms with E-state index in [4.69, 9.17) is 11.6 Å². The minimum absolute atomic E-state index is 0.307. The maximum atomic E-state index is 12.9. The van der Waals surface area contributed by atoms with Crippen molar-refractivity contribution >= 4 is 34.0 Å². The van der Waals surface area contributed by atoms with Crippen LogP contribution in [0.1, 0.15) is 32.7 Å². The second-order valence-electron chi connectivity index (χ2n) is 7.20. The van der Waals surface area contributed by atoms with Gasteiger partial charge >= 0.3 is 0 Å². The largest absolute Gasteiger partial charge is 0.298 e. The van der Waals surface area contributed by atoms with Gasteiger partial charge in [0.15, 0.2) is 5.13 Å². The van der Waals surface area contributed by atoms with Crippen LogP contribution in [-0.2, 0) is 6.54 Å². The van der Waals surface area contributed by atoms with Gasteiger partial charge in [0.2, 0.25) is 0 Å². The average Bonchev–Trinajstić information content (AvgIpc) is 3.27. The van der Waals surface area contributed by atoms with Crippen molar-refractivity contribution in [2.75, 3.05) is 5.32 Å². The van der Waals surface area contributed by atoms with E-state index < -0.39 is 0 Å². The van der Waals surface area contributed by atoms with Gasteiger partial charge in [-0.05, 0) is 31.9 Å². The predicted molar refractivity (Wildman–Crippen MR) is 122 cm³/mol. The fraction of sp³-hybridized carbons (Fsp3) is 0.174. The summed E-state index contributed by atoms with van der Waals surface area (Å²) >= 11 is 7.89. The van der Waals surface area contributed by atoms with Crippen LogP contribution < -0.4 is 5.32 Å². The van der Waals surface area contributed by atoms with Crippen molar-refractivity contribution in [1.82, 2.24) is 14.8 Å². The van der Waals surface area contributed by atoms with E-state index in [9.17, 15) is 4.79 Å². The number of benzene rings is 2. The summed E-state index contributed by atoms with van der Waals surface area (Å²) in [5, 5.41) is 10.1. The van der Waals surface area contributed by atoms with Gasteiger partial charge < -0.3 is 0 Å². The van der Waals surface area contributed by atoms with E-state index in [-0.39, 0.29) is 5.91 Å². The van der Waals surface area contributed by atoms with E-state index >= 15 is 0 Å². The van der Waals surface area contributed by atoms with Crippen LogP contribution in [0.5, 0.6) is 0 Å². The minimum atomic E-state index is -0.307. The molecule has 0 fully saturated rings. The third kappa shape index (κ3) is 4.15. The third-order valence-corrected chi connectivity index (χ3v) is 5.99. The lowest BCUT2D eigenvalue weighted by Gasteiger charge is -2.05. The van der Waals surface area contributed by atoms with Crippen molar-refractivity contribution < 1.29 is 4.79 Å². The second kappa shape index (κ2) is 8.42. The van der Waals surface area contributed by atoms with E-state index in [1.165, 1.54) is 16.9 Å². The van der Waals surface area contributed by atoms with Crippen LogP contribution >= 0.6 is 22.9 Å². The zero-order valence-electron chi connectivity index (χ0n) is 16.9. The number of rotatable bonds is 5. The Balaban J connectivity index is 1.54. The van der Waals surface area contributed by atoms with Gasteiger partial charge in [-0.2, -0.15) is 5.10 Å². The van der Waals surface area contributed by atoms with E-state index in [1.807, 2.05) is 35.7 Å². The van der Waals surface area contributed by atoms with Crippen molar-refractivity contribution in [3.05, 3.63) is 87.0 Å². The number of aryl methyl sites for hydroxylation is 3. The Morgan fingerprint density at radius 2 is 1.90 bits per heavy atom. The Labute approximate surface area is 184 Å². The standard InChI is InChI=1S/C23H21ClN4OS/c1-14-9-10-18(15(2)11-14)19-13-30-23(25-19)26-22(29)20-16(3)27-28(21(20)24)12-17-7-5-4-6-8-17/h4-11,13H,12H2,1-3H3,(H,25,26,29). The molecule has 1 amide bonds. The van der Waals surface area contributed by atoms with Crippen LogP contribution in [0.25, 0.3) is 11.3 Å². The molecule has 4 rings (SSSR count). The van der Waals surface area contributed by atoms with Gasteiger partial charge in [0.1, 0.15) is 5.15 Å². The summed E-state index contributed by atoms with van der Waals surface area (Å²) in [7, 11) is 0. The highest BCUT2D eigenvalue weighted by atomic mass is 35.5. The van der Waals surface area contributed by atoms with Crippen LogP contribution in [0.4, 0.5) is 5.13 Å². The van der Waals surface area contributed by atoms with E-state index in [0.717, 1.165) is 22.4 Å². The molecule has 0 saturated heterocycles. The molecule has 0 saturated carbocycles. The summed E-state index contributed by atoms with van der Waals surface area (Å²) in [5.74, 6) is -0.307. The Hall–Kier alpha value is -2.96. The molecular formula is C23H21ClN4OS. The lowest BCUT2D eigenvalue weighted by molar-refractivity contribution is 0.102. The smallest absolute Gasteiger partial charge is 0.262 e. The molecule has 4 aromatic rings. The maximum absolute atomic E-state index is 12.9. The lowest BCUT2D eigenvalue weighted by atomic mass is 10.0. The maximum Gasteiger partial charge on any atom is 0.262 e. The van der Waals surface area contributed by atoms with Crippen molar-refractivity contribution in [1.29, 1.82) is 0 Å². The van der Waals surface area contributed by atoms with Crippen LogP contribution in [0.2, 0.25) is 5.15 Å². The van der Waals surface area contributed by atoms with Gasteiger partial charge in [-0.1, -0.05) is 65.7 Å². The highest BCUT2D eigenvalue weighted by Gasteiger charge is 2.21. The van der Waals surface area contributed by atoms with Gasteiger partial charge in [-0.3, -0.25) is 10.1 Å².